The normalized spacial score (nSPS) is 21.5. The summed E-state index contributed by atoms with van der Waals surface area (Å²) in [4.78, 5) is 6.77. The Balaban J connectivity index is 1.57. The van der Waals surface area contributed by atoms with E-state index in [0.717, 1.165) is 36.9 Å². The van der Waals surface area contributed by atoms with Gasteiger partial charge in [0, 0.05) is 30.7 Å². The van der Waals surface area contributed by atoms with Crippen LogP contribution in [0.1, 0.15) is 41.1 Å². The van der Waals surface area contributed by atoms with Crippen molar-refractivity contribution in [3.8, 4) is 17.9 Å². The fourth-order valence-corrected chi connectivity index (χ4v) is 6.47. The van der Waals surface area contributed by atoms with Gasteiger partial charge in [-0.1, -0.05) is 6.08 Å². The third kappa shape index (κ3) is 6.75. The molecule has 0 radical (unpaired) electrons. The number of aromatic nitrogens is 1. The van der Waals surface area contributed by atoms with Gasteiger partial charge in [-0.15, -0.1) is 6.58 Å². The number of halogens is 6. The van der Waals surface area contributed by atoms with E-state index in [0.29, 0.717) is 29.3 Å². The van der Waals surface area contributed by atoms with Crippen LogP contribution in [-0.4, -0.2) is 36.1 Å². The van der Waals surface area contributed by atoms with Crippen LogP contribution in [0.5, 0.6) is 5.75 Å². The van der Waals surface area contributed by atoms with Gasteiger partial charge in [-0.25, -0.2) is 0 Å². The number of fused-ring (bicyclic) bond motifs is 4. The van der Waals surface area contributed by atoms with Gasteiger partial charge in [-0.2, -0.15) is 36.9 Å². The predicted octanol–water partition coefficient (Wildman–Crippen LogP) is 6.86. The molecule has 2 aromatic carbocycles. The highest BCUT2D eigenvalue weighted by atomic mass is 19.4. The number of nitrogens with zero attached hydrogens (tertiary/aromatic N) is 4. The SMILES string of the molecule is C=C[C@H]1CN2CC[C@H]1C[C@H]2[C@@H](NC(NCc1cc(C(F)(F)F)cc(C(F)(F)F)c1)=C(C#N)C#N)c1ccnc2ccc(OC)cc12. The Kier molecular flexibility index (Phi) is 9.17. The Hall–Kier alpha value is -4.75. The van der Waals surface area contributed by atoms with E-state index in [2.05, 4.69) is 27.1 Å². The molecule has 7 nitrogen and oxygen atoms in total. The van der Waals surface area contributed by atoms with Gasteiger partial charge in [-0.05, 0) is 84.8 Å². The number of nitrogens with one attached hydrogen (secondary N) is 2. The molecule has 5 atom stereocenters. The minimum atomic E-state index is -5.02. The van der Waals surface area contributed by atoms with E-state index in [9.17, 15) is 36.9 Å². The Morgan fingerprint density at radius 2 is 1.78 bits per heavy atom. The summed E-state index contributed by atoms with van der Waals surface area (Å²) in [6.45, 7) is 4.99. The van der Waals surface area contributed by atoms with Crippen LogP contribution in [-0.2, 0) is 18.9 Å². The molecule has 13 heteroatoms. The zero-order valence-corrected chi connectivity index (χ0v) is 24.7. The number of nitriles is 2. The first-order valence-electron chi connectivity index (χ1n) is 14.5. The molecule has 0 amide bonds. The fraction of sp³-hybridized carbons (Fsp3) is 0.364. The molecular formula is C33H30F6N6O. The maximum atomic E-state index is 13.5. The third-order valence-corrected chi connectivity index (χ3v) is 8.75. The number of alkyl halides is 6. The molecule has 240 valence electrons. The van der Waals surface area contributed by atoms with E-state index in [1.807, 2.05) is 18.2 Å². The summed E-state index contributed by atoms with van der Waals surface area (Å²) in [5.74, 6) is 1.07. The van der Waals surface area contributed by atoms with Crippen molar-refractivity contribution in [1.29, 1.82) is 10.5 Å². The van der Waals surface area contributed by atoms with Crippen LogP contribution in [0.15, 0.2) is 72.7 Å². The average Bonchev–Trinajstić information content (AvgIpc) is 3.04. The van der Waals surface area contributed by atoms with Crippen molar-refractivity contribution >= 4 is 10.9 Å². The second-order valence-corrected chi connectivity index (χ2v) is 11.4. The zero-order chi connectivity index (χ0) is 33.2. The first-order chi connectivity index (χ1) is 21.9. The number of rotatable bonds is 9. The Labute approximate surface area is 261 Å². The van der Waals surface area contributed by atoms with Gasteiger partial charge in [0.1, 0.15) is 23.7 Å². The van der Waals surface area contributed by atoms with Crippen LogP contribution in [0.25, 0.3) is 10.9 Å². The van der Waals surface area contributed by atoms with E-state index in [4.69, 9.17) is 4.74 Å². The standard InChI is InChI=1S/C33H30F6N6O/c1-3-20-18-45-9-7-21(20)12-29(45)30(26-6-8-42-28-5-4-25(46-2)14-27(26)28)44-31(22(15-40)16-41)43-17-19-10-23(32(34,35)36)13-24(11-19)33(37,38)39/h3-6,8,10-11,13-14,20-21,29-30,43-44H,1,7,9,12,17-18H2,2H3/t20-,21-,29-,30-/m0/s1. The Morgan fingerprint density at radius 3 is 2.35 bits per heavy atom. The van der Waals surface area contributed by atoms with Crippen molar-refractivity contribution < 1.29 is 31.1 Å². The van der Waals surface area contributed by atoms with Gasteiger partial charge in [0.15, 0.2) is 5.57 Å². The summed E-state index contributed by atoms with van der Waals surface area (Å²) in [5.41, 5.74) is -2.24. The van der Waals surface area contributed by atoms with Crippen LogP contribution in [0.3, 0.4) is 0 Å². The molecule has 4 heterocycles. The number of hydrogen-bond acceptors (Lipinski definition) is 7. The van der Waals surface area contributed by atoms with Crippen molar-refractivity contribution in [2.75, 3.05) is 20.2 Å². The molecule has 3 aromatic rings. The molecule has 1 aromatic heterocycles. The maximum Gasteiger partial charge on any atom is 0.416 e. The second-order valence-electron chi connectivity index (χ2n) is 11.4. The summed E-state index contributed by atoms with van der Waals surface area (Å²) in [5, 5.41) is 26.5. The Morgan fingerprint density at radius 1 is 1.09 bits per heavy atom. The summed E-state index contributed by atoms with van der Waals surface area (Å²) >= 11 is 0. The first-order valence-corrected chi connectivity index (χ1v) is 14.5. The quantitative estimate of drug-likeness (QED) is 0.150. The summed E-state index contributed by atoms with van der Waals surface area (Å²) < 4.78 is 86.6. The van der Waals surface area contributed by atoms with E-state index in [1.165, 1.54) is 7.11 Å². The highest BCUT2D eigenvalue weighted by molar-refractivity contribution is 5.84. The number of methoxy groups -OCH3 is 1. The van der Waals surface area contributed by atoms with Gasteiger partial charge in [0.05, 0.1) is 29.8 Å². The molecule has 3 fully saturated rings. The largest absolute Gasteiger partial charge is 0.497 e. The molecule has 3 saturated heterocycles. The monoisotopic (exact) mass is 640 g/mol. The van der Waals surface area contributed by atoms with Gasteiger partial charge in [-0.3, -0.25) is 9.88 Å². The van der Waals surface area contributed by atoms with Crippen molar-refractivity contribution in [2.45, 2.75) is 43.8 Å². The van der Waals surface area contributed by atoms with Crippen LogP contribution in [0.2, 0.25) is 0 Å². The number of hydrogen-bond donors (Lipinski definition) is 2. The number of ether oxygens (including phenoxy) is 1. The summed E-state index contributed by atoms with van der Waals surface area (Å²) in [6, 6.07) is 11.4. The highest BCUT2D eigenvalue weighted by Crippen LogP contribution is 2.43. The lowest BCUT2D eigenvalue weighted by atomic mass is 9.73. The van der Waals surface area contributed by atoms with Crippen molar-refractivity contribution in [2.24, 2.45) is 11.8 Å². The minimum Gasteiger partial charge on any atom is -0.497 e. The van der Waals surface area contributed by atoms with Gasteiger partial charge >= 0.3 is 12.4 Å². The molecule has 3 aliphatic heterocycles. The molecule has 1 unspecified atom stereocenters. The molecular weight excluding hydrogens is 610 g/mol. The molecule has 0 saturated carbocycles. The van der Waals surface area contributed by atoms with Crippen LogP contribution in [0.4, 0.5) is 26.3 Å². The minimum absolute atomic E-state index is 0.0520. The number of benzene rings is 2. The summed E-state index contributed by atoms with van der Waals surface area (Å²) in [7, 11) is 1.53. The lowest BCUT2D eigenvalue weighted by Gasteiger charge is -2.52. The zero-order valence-electron chi connectivity index (χ0n) is 24.7. The number of piperidine rings is 3. The summed E-state index contributed by atoms with van der Waals surface area (Å²) in [6.07, 6.45) is -4.76. The number of allylic oxidation sites excluding steroid dienone is 1. The topological polar surface area (TPSA) is 97.0 Å². The van der Waals surface area contributed by atoms with Gasteiger partial charge in [0.2, 0.25) is 0 Å². The smallest absolute Gasteiger partial charge is 0.416 e. The predicted molar refractivity (Wildman–Crippen MR) is 157 cm³/mol. The van der Waals surface area contributed by atoms with Crippen molar-refractivity contribution in [3.63, 3.8) is 0 Å². The maximum absolute atomic E-state index is 13.5. The first kappa shape index (κ1) is 32.6. The van der Waals surface area contributed by atoms with E-state index < -0.39 is 41.6 Å². The van der Waals surface area contributed by atoms with E-state index >= 15 is 0 Å². The van der Waals surface area contributed by atoms with Crippen LogP contribution < -0.4 is 15.4 Å². The van der Waals surface area contributed by atoms with Gasteiger partial charge in [0.25, 0.3) is 0 Å². The molecule has 46 heavy (non-hydrogen) atoms. The second kappa shape index (κ2) is 12.9. The molecule has 2 N–H and O–H groups in total. The fourth-order valence-electron chi connectivity index (χ4n) is 6.47. The van der Waals surface area contributed by atoms with Gasteiger partial charge < -0.3 is 15.4 Å². The number of pyridine rings is 1. The molecule has 0 spiro atoms. The average molecular weight is 641 g/mol. The van der Waals surface area contributed by atoms with E-state index in [-0.39, 0.29) is 29.4 Å². The highest BCUT2D eigenvalue weighted by Gasteiger charge is 2.43. The van der Waals surface area contributed by atoms with Crippen LogP contribution >= 0.6 is 0 Å². The lowest BCUT2D eigenvalue weighted by molar-refractivity contribution is -0.143. The van der Waals surface area contributed by atoms with E-state index in [1.54, 1.807) is 30.5 Å². The van der Waals surface area contributed by atoms with Crippen LogP contribution in [0, 0.1) is 34.5 Å². The van der Waals surface area contributed by atoms with Crippen molar-refractivity contribution in [1.82, 2.24) is 20.5 Å². The molecule has 3 aliphatic rings. The van der Waals surface area contributed by atoms with Crippen molar-refractivity contribution in [3.05, 3.63) is 95.0 Å². The molecule has 0 aliphatic carbocycles. The lowest BCUT2D eigenvalue weighted by Crippen LogP contribution is -2.57. The molecule has 2 bridgehead atoms. The molecule has 6 rings (SSSR count). The third-order valence-electron chi connectivity index (χ3n) is 8.75. The Bertz CT molecular complexity index is 1690.